The number of halogens is 3. The van der Waals surface area contributed by atoms with Gasteiger partial charge in [-0.2, -0.15) is 18.3 Å². The van der Waals surface area contributed by atoms with Crippen molar-refractivity contribution in [2.45, 2.75) is 37.9 Å². The van der Waals surface area contributed by atoms with E-state index in [-0.39, 0.29) is 52.4 Å². The van der Waals surface area contributed by atoms with E-state index >= 15 is 0 Å². The predicted molar refractivity (Wildman–Crippen MR) is 49.6 cm³/mol. The van der Waals surface area contributed by atoms with Crippen molar-refractivity contribution in [2.75, 3.05) is 0 Å². The van der Waals surface area contributed by atoms with Gasteiger partial charge in [0, 0.05) is 6.54 Å². The van der Waals surface area contributed by atoms with E-state index in [0.29, 0.717) is 0 Å². The zero-order chi connectivity index (χ0) is 12.5. The molecule has 0 spiro atoms. The minimum atomic E-state index is -4.27. The summed E-state index contributed by atoms with van der Waals surface area (Å²) in [5.74, 6) is 0. The Labute approximate surface area is 121 Å². The molecule has 0 radical (unpaired) electrons. The Hall–Kier alpha value is 0.110. The van der Waals surface area contributed by atoms with Crippen molar-refractivity contribution in [3.05, 3.63) is 11.4 Å². The number of rotatable bonds is 3. The van der Waals surface area contributed by atoms with E-state index in [9.17, 15) is 21.9 Å². The Morgan fingerprint density at radius 2 is 1.94 bits per heavy atom. The second kappa shape index (κ2) is 6.33. The van der Waals surface area contributed by atoms with Crippen LogP contribution in [0.15, 0.2) is 4.90 Å². The van der Waals surface area contributed by atoms with Gasteiger partial charge < -0.3 is 4.55 Å². The molecule has 17 heavy (non-hydrogen) atoms. The molecule has 1 unspecified atom stereocenters. The van der Waals surface area contributed by atoms with Gasteiger partial charge in [-0.05, 0) is 24.9 Å². The fourth-order valence-corrected chi connectivity index (χ4v) is 2.00. The minimum Gasteiger partial charge on any atom is -0.768 e. The largest absolute Gasteiger partial charge is 1.00 e. The molecule has 0 aromatic carbocycles. The summed E-state index contributed by atoms with van der Waals surface area (Å²) < 4.78 is 58.6. The van der Waals surface area contributed by atoms with Crippen LogP contribution >= 0.6 is 0 Å². The second-order valence-electron chi connectivity index (χ2n) is 3.32. The molecule has 0 fully saturated rings. The van der Waals surface area contributed by atoms with E-state index in [1.54, 1.807) is 0 Å². The number of aryl methyl sites for hydroxylation is 2. The molecule has 0 bridgehead atoms. The van der Waals surface area contributed by atoms with Crippen LogP contribution in [0.5, 0.6) is 0 Å². The molecule has 9 heteroatoms. The Morgan fingerprint density at radius 1 is 1.41 bits per heavy atom. The molecule has 1 atom stereocenters. The fraction of sp³-hybridized carbons (Fsp3) is 0.625. The molecule has 0 aliphatic carbocycles. The van der Waals surface area contributed by atoms with Crippen LogP contribution in [-0.2, 0) is 17.6 Å². The number of hydrogen-bond acceptors (Lipinski definition) is 3. The molecule has 0 amide bonds. The quantitative estimate of drug-likeness (QED) is 0.510. The van der Waals surface area contributed by atoms with E-state index < -0.39 is 23.7 Å². The summed E-state index contributed by atoms with van der Waals surface area (Å²) in [6.07, 6.45) is -5.30. The SMILES string of the molecule is Cc1nn(CCC(F)(F)F)c(C)c1S(=O)[O-].[Na+]. The normalized spacial score (nSPS) is 13.3. The van der Waals surface area contributed by atoms with Gasteiger partial charge in [-0.3, -0.25) is 8.89 Å². The Bertz CT molecular complexity index is 420. The summed E-state index contributed by atoms with van der Waals surface area (Å²) in [4.78, 5) is -0.0258. The van der Waals surface area contributed by atoms with Crippen LogP contribution in [0.2, 0.25) is 0 Å². The maximum atomic E-state index is 12.0. The summed E-state index contributed by atoms with van der Waals surface area (Å²) in [5, 5.41) is 3.76. The maximum absolute atomic E-state index is 12.0. The standard InChI is InChI=1S/C8H11F3N2O2S.Na/c1-5-7(16(14)15)6(2)13(12-5)4-3-8(9,10)11;/h3-4H2,1-2H3,(H,14,15);/q;+1/p-1. The topological polar surface area (TPSA) is 58.0 Å². The molecule has 0 saturated heterocycles. The van der Waals surface area contributed by atoms with Gasteiger partial charge >= 0.3 is 35.7 Å². The maximum Gasteiger partial charge on any atom is 1.00 e. The van der Waals surface area contributed by atoms with Crippen LogP contribution in [0.25, 0.3) is 0 Å². The van der Waals surface area contributed by atoms with Gasteiger partial charge in [-0.1, -0.05) is 0 Å². The molecule has 4 nitrogen and oxygen atoms in total. The third kappa shape index (κ3) is 4.70. The number of aromatic nitrogens is 2. The third-order valence-corrected chi connectivity index (χ3v) is 3.01. The molecule has 92 valence electrons. The molecule has 1 aromatic heterocycles. The first-order chi connectivity index (χ1) is 7.22. The molecule has 0 aliphatic heterocycles. The van der Waals surface area contributed by atoms with E-state index in [1.807, 2.05) is 0 Å². The van der Waals surface area contributed by atoms with Crippen LogP contribution in [0.4, 0.5) is 13.2 Å². The van der Waals surface area contributed by atoms with Crippen molar-refractivity contribution in [3.63, 3.8) is 0 Å². The van der Waals surface area contributed by atoms with Crippen molar-refractivity contribution in [3.8, 4) is 0 Å². The molecular weight excluding hydrogens is 268 g/mol. The zero-order valence-electron chi connectivity index (χ0n) is 9.67. The number of nitrogens with zero attached hydrogens (tertiary/aromatic N) is 2. The number of alkyl halides is 3. The van der Waals surface area contributed by atoms with E-state index in [0.717, 1.165) is 4.68 Å². The van der Waals surface area contributed by atoms with Crippen LogP contribution in [0, 0.1) is 13.8 Å². The van der Waals surface area contributed by atoms with Crippen molar-refractivity contribution in [1.82, 2.24) is 9.78 Å². The van der Waals surface area contributed by atoms with Crippen molar-refractivity contribution >= 4 is 11.1 Å². The van der Waals surface area contributed by atoms with Gasteiger partial charge in [0.1, 0.15) is 0 Å². The molecule has 1 rings (SSSR count). The van der Waals surface area contributed by atoms with Gasteiger partial charge in [0.25, 0.3) is 0 Å². The number of hydrogen-bond donors (Lipinski definition) is 0. The molecule has 1 aromatic rings. The average molecular weight is 278 g/mol. The summed E-state index contributed by atoms with van der Waals surface area (Å²) >= 11 is -2.47. The molecule has 0 aliphatic rings. The van der Waals surface area contributed by atoms with Crippen molar-refractivity contribution in [1.29, 1.82) is 0 Å². The van der Waals surface area contributed by atoms with Gasteiger partial charge in [-0.15, -0.1) is 0 Å². The molecule has 0 N–H and O–H groups in total. The third-order valence-electron chi connectivity index (χ3n) is 2.09. The summed E-state index contributed by atoms with van der Waals surface area (Å²) in [7, 11) is 0. The summed E-state index contributed by atoms with van der Waals surface area (Å²) in [5.41, 5.74) is 0.447. The first kappa shape index (κ1) is 17.1. The summed E-state index contributed by atoms with van der Waals surface area (Å²) in [6.45, 7) is 2.51. The van der Waals surface area contributed by atoms with Gasteiger partial charge in [-0.25, -0.2) is 0 Å². The molecule has 0 saturated carbocycles. The Kier molecular flexibility index (Phi) is 6.37. The van der Waals surface area contributed by atoms with E-state index in [1.165, 1.54) is 13.8 Å². The van der Waals surface area contributed by atoms with Crippen LogP contribution in [0.1, 0.15) is 17.8 Å². The first-order valence-corrected chi connectivity index (χ1v) is 5.50. The Balaban J connectivity index is 0.00000256. The minimum absolute atomic E-state index is 0. The fourth-order valence-electron chi connectivity index (χ4n) is 1.37. The Morgan fingerprint density at radius 3 is 2.29 bits per heavy atom. The molecule has 1 heterocycles. The van der Waals surface area contributed by atoms with Gasteiger partial charge in [0.05, 0.1) is 22.7 Å². The monoisotopic (exact) mass is 278 g/mol. The first-order valence-electron chi connectivity index (χ1n) is 4.42. The summed E-state index contributed by atoms with van der Waals surface area (Å²) in [6, 6.07) is 0. The van der Waals surface area contributed by atoms with Crippen LogP contribution < -0.4 is 29.6 Å². The second-order valence-corrected chi connectivity index (χ2v) is 4.20. The van der Waals surface area contributed by atoms with Crippen molar-refractivity contribution in [2.24, 2.45) is 0 Å². The van der Waals surface area contributed by atoms with Crippen LogP contribution in [-0.4, -0.2) is 24.7 Å². The average Bonchev–Trinajstić information content (AvgIpc) is 2.36. The van der Waals surface area contributed by atoms with E-state index in [2.05, 4.69) is 5.10 Å². The zero-order valence-corrected chi connectivity index (χ0v) is 12.5. The van der Waals surface area contributed by atoms with Gasteiger partial charge in [0.2, 0.25) is 0 Å². The van der Waals surface area contributed by atoms with Crippen LogP contribution in [0.3, 0.4) is 0 Å². The smallest absolute Gasteiger partial charge is 0.768 e. The predicted octanol–water partition coefficient (Wildman–Crippen LogP) is -1.31. The van der Waals surface area contributed by atoms with Crippen molar-refractivity contribution < 1.29 is 51.5 Å². The van der Waals surface area contributed by atoms with E-state index in [4.69, 9.17) is 0 Å². The molecular formula is C8H10F3N2NaO2S. The van der Waals surface area contributed by atoms with Gasteiger partial charge in [0.15, 0.2) is 0 Å².